The third kappa shape index (κ3) is 3.21. The first-order chi connectivity index (χ1) is 11.7. The van der Waals surface area contributed by atoms with Crippen LogP contribution in [-0.2, 0) is 10.0 Å². The summed E-state index contributed by atoms with van der Waals surface area (Å²) in [6.45, 7) is 9.62. The maximum absolute atomic E-state index is 12.9. The number of anilines is 1. The standard InChI is InChI=1S/C18H21N3O2S2/c1-10-7-6-8-15(11(10)2)21-25(22,23)17-9-16(24-14(17)5)18-12(3)13(4)19-20-18/h6-9,21H,1-5H3,(H,19,20). The van der Waals surface area contributed by atoms with Gasteiger partial charge in [0.05, 0.1) is 10.6 Å². The number of aromatic nitrogens is 2. The number of H-pyrrole nitrogens is 1. The van der Waals surface area contributed by atoms with Crippen LogP contribution in [0.2, 0.25) is 0 Å². The first-order valence-electron chi connectivity index (χ1n) is 7.92. The third-order valence-corrected chi connectivity index (χ3v) is 7.18. The van der Waals surface area contributed by atoms with E-state index < -0.39 is 10.0 Å². The van der Waals surface area contributed by atoms with Gasteiger partial charge in [0.1, 0.15) is 10.6 Å². The van der Waals surface area contributed by atoms with Crippen molar-refractivity contribution in [1.29, 1.82) is 0 Å². The van der Waals surface area contributed by atoms with Crippen molar-refractivity contribution in [2.24, 2.45) is 0 Å². The summed E-state index contributed by atoms with van der Waals surface area (Å²) in [5.41, 5.74) is 5.41. The van der Waals surface area contributed by atoms with Crippen molar-refractivity contribution in [1.82, 2.24) is 10.2 Å². The quantitative estimate of drug-likeness (QED) is 0.706. The number of rotatable bonds is 4. The van der Waals surface area contributed by atoms with Crippen molar-refractivity contribution in [3.63, 3.8) is 0 Å². The van der Waals surface area contributed by atoms with Crippen LogP contribution in [0.3, 0.4) is 0 Å². The fourth-order valence-corrected chi connectivity index (χ4v) is 5.40. The minimum absolute atomic E-state index is 0.299. The number of aromatic amines is 1. The van der Waals surface area contributed by atoms with E-state index in [2.05, 4.69) is 14.9 Å². The van der Waals surface area contributed by atoms with Gasteiger partial charge in [-0.15, -0.1) is 11.3 Å². The summed E-state index contributed by atoms with van der Waals surface area (Å²) in [5.74, 6) is 0. The highest BCUT2D eigenvalue weighted by molar-refractivity contribution is 7.93. The fourth-order valence-electron chi connectivity index (χ4n) is 2.64. The van der Waals surface area contributed by atoms with Gasteiger partial charge in [-0.3, -0.25) is 9.82 Å². The van der Waals surface area contributed by atoms with Crippen LogP contribution in [0.1, 0.15) is 27.3 Å². The molecule has 0 saturated heterocycles. The van der Waals surface area contributed by atoms with Crippen LogP contribution in [0, 0.1) is 34.6 Å². The molecule has 0 atom stereocenters. The normalized spacial score (nSPS) is 11.7. The van der Waals surface area contributed by atoms with Gasteiger partial charge in [-0.2, -0.15) is 5.10 Å². The molecule has 0 aliphatic carbocycles. The van der Waals surface area contributed by atoms with E-state index in [1.807, 2.05) is 46.8 Å². The zero-order valence-electron chi connectivity index (χ0n) is 14.9. The molecule has 2 N–H and O–H groups in total. The van der Waals surface area contributed by atoms with Crippen LogP contribution in [0.5, 0.6) is 0 Å². The average molecular weight is 376 g/mol. The lowest BCUT2D eigenvalue weighted by Crippen LogP contribution is -2.14. The van der Waals surface area contributed by atoms with Crippen LogP contribution in [0.25, 0.3) is 10.6 Å². The van der Waals surface area contributed by atoms with Crippen molar-refractivity contribution >= 4 is 27.0 Å². The monoisotopic (exact) mass is 375 g/mol. The highest BCUT2D eigenvalue weighted by Gasteiger charge is 2.23. The summed E-state index contributed by atoms with van der Waals surface area (Å²) in [5, 5.41) is 7.25. The molecule has 5 nitrogen and oxygen atoms in total. The molecule has 3 rings (SSSR count). The van der Waals surface area contributed by atoms with Gasteiger partial charge in [0.15, 0.2) is 0 Å². The van der Waals surface area contributed by atoms with Crippen molar-refractivity contribution in [3.05, 3.63) is 51.5 Å². The van der Waals surface area contributed by atoms with Gasteiger partial charge >= 0.3 is 0 Å². The van der Waals surface area contributed by atoms with Gasteiger partial charge in [0.25, 0.3) is 10.0 Å². The molecule has 3 aromatic rings. The predicted molar refractivity (Wildman–Crippen MR) is 103 cm³/mol. The molecule has 0 spiro atoms. The first-order valence-corrected chi connectivity index (χ1v) is 10.2. The van der Waals surface area contributed by atoms with Gasteiger partial charge in [0.2, 0.25) is 0 Å². The Labute approximate surface area is 152 Å². The van der Waals surface area contributed by atoms with E-state index in [1.54, 1.807) is 12.1 Å². The van der Waals surface area contributed by atoms with Gasteiger partial charge in [0, 0.05) is 10.6 Å². The molecule has 0 bridgehead atoms. The Morgan fingerprint density at radius 2 is 1.80 bits per heavy atom. The second-order valence-electron chi connectivity index (χ2n) is 6.21. The van der Waals surface area contributed by atoms with Gasteiger partial charge in [-0.25, -0.2) is 8.42 Å². The number of hydrogen-bond acceptors (Lipinski definition) is 4. The number of sulfonamides is 1. The van der Waals surface area contributed by atoms with Crippen LogP contribution < -0.4 is 4.72 Å². The van der Waals surface area contributed by atoms with Gasteiger partial charge in [-0.05, 0) is 63.4 Å². The van der Waals surface area contributed by atoms with Crippen molar-refractivity contribution in [2.75, 3.05) is 4.72 Å². The lowest BCUT2D eigenvalue weighted by molar-refractivity contribution is 0.601. The molecule has 0 aliphatic heterocycles. The number of hydrogen-bond donors (Lipinski definition) is 2. The molecule has 0 radical (unpaired) electrons. The Morgan fingerprint density at radius 3 is 2.44 bits per heavy atom. The molecule has 7 heteroatoms. The van der Waals surface area contributed by atoms with Crippen molar-refractivity contribution < 1.29 is 8.42 Å². The molecule has 0 unspecified atom stereocenters. The van der Waals surface area contributed by atoms with E-state index in [9.17, 15) is 8.42 Å². The van der Waals surface area contributed by atoms with Crippen LogP contribution in [-0.4, -0.2) is 18.6 Å². The summed E-state index contributed by atoms with van der Waals surface area (Å²) in [4.78, 5) is 1.89. The number of nitrogens with zero attached hydrogens (tertiary/aromatic N) is 1. The van der Waals surface area contributed by atoms with Crippen LogP contribution >= 0.6 is 11.3 Å². The minimum Gasteiger partial charge on any atom is -0.282 e. The topological polar surface area (TPSA) is 74.8 Å². The molecule has 0 fully saturated rings. The molecular weight excluding hydrogens is 354 g/mol. The Morgan fingerprint density at radius 1 is 1.08 bits per heavy atom. The molecule has 2 heterocycles. The number of thiophene rings is 1. The second-order valence-corrected chi connectivity index (χ2v) is 9.11. The summed E-state index contributed by atoms with van der Waals surface area (Å²) in [6, 6.07) is 7.30. The maximum atomic E-state index is 12.9. The Balaban J connectivity index is 2.01. The van der Waals surface area contributed by atoms with E-state index in [0.717, 1.165) is 37.8 Å². The van der Waals surface area contributed by atoms with Crippen LogP contribution in [0.15, 0.2) is 29.2 Å². The van der Waals surface area contributed by atoms with E-state index in [1.165, 1.54) is 11.3 Å². The largest absolute Gasteiger partial charge is 0.282 e. The summed E-state index contributed by atoms with van der Waals surface area (Å²) in [6.07, 6.45) is 0. The molecule has 0 saturated carbocycles. The highest BCUT2D eigenvalue weighted by atomic mass is 32.2. The third-order valence-electron chi connectivity index (χ3n) is 4.50. The zero-order valence-corrected chi connectivity index (χ0v) is 16.5. The molecule has 132 valence electrons. The van der Waals surface area contributed by atoms with E-state index in [0.29, 0.717) is 10.6 Å². The molecule has 0 aliphatic rings. The zero-order chi connectivity index (χ0) is 18.4. The summed E-state index contributed by atoms with van der Waals surface area (Å²) in [7, 11) is -3.65. The van der Waals surface area contributed by atoms with Gasteiger partial charge < -0.3 is 0 Å². The molecule has 1 aromatic carbocycles. The lowest BCUT2D eigenvalue weighted by atomic mass is 10.1. The van der Waals surface area contributed by atoms with E-state index >= 15 is 0 Å². The fraction of sp³-hybridized carbons (Fsp3) is 0.278. The first kappa shape index (κ1) is 17.7. The molecule has 25 heavy (non-hydrogen) atoms. The molecule has 0 amide bonds. The summed E-state index contributed by atoms with van der Waals surface area (Å²) < 4.78 is 28.5. The SMILES string of the molecule is Cc1cccc(NS(=O)(=O)c2cc(-c3n[nH]c(C)c3C)sc2C)c1C. The number of aryl methyl sites for hydroxylation is 3. The second kappa shape index (κ2) is 6.31. The minimum atomic E-state index is -3.65. The lowest BCUT2D eigenvalue weighted by Gasteiger charge is -2.11. The maximum Gasteiger partial charge on any atom is 0.263 e. The molecular formula is C18H21N3O2S2. The van der Waals surface area contributed by atoms with Crippen LogP contribution in [0.4, 0.5) is 5.69 Å². The Bertz CT molecular complexity index is 1050. The predicted octanol–water partition coefficient (Wildman–Crippen LogP) is 4.48. The van der Waals surface area contributed by atoms with Crippen molar-refractivity contribution in [2.45, 2.75) is 39.5 Å². The number of nitrogens with one attached hydrogen (secondary N) is 2. The number of benzene rings is 1. The van der Waals surface area contributed by atoms with E-state index in [-0.39, 0.29) is 0 Å². The average Bonchev–Trinajstić information content (AvgIpc) is 3.08. The smallest absolute Gasteiger partial charge is 0.263 e. The molecule has 2 aromatic heterocycles. The summed E-state index contributed by atoms with van der Waals surface area (Å²) >= 11 is 1.44. The van der Waals surface area contributed by atoms with Crippen molar-refractivity contribution in [3.8, 4) is 10.6 Å². The van der Waals surface area contributed by atoms with Gasteiger partial charge in [-0.1, -0.05) is 12.1 Å². The van der Waals surface area contributed by atoms with E-state index in [4.69, 9.17) is 0 Å². The Kier molecular flexibility index (Phi) is 4.47. The highest BCUT2D eigenvalue weighted by Crippen LogP contribution is 2.35. The Hall–Kier alpha value is -2.12.